The second kappa shape index (κ2) is 13.9. The number of thioether (sulfide) groups is 1. The molecule has 1 unspecified atom stereocenters. The SMILES string of the molecule is CC1CN(C(=O)CCCCSc2nnc3c4ccccc4n(Cc4ccccc4)c3n2)CCN1C(=O)CCC1CCCC1. The minimum Gasteiger partial charge on any atom is -0.339 e. The summed E-state index contributed by atoms with van der Waals surface area (Å²) in [4.78, 5) is 34.6. The topological polar surface area (TPSA) is 84.2 Å². The number of unbranched alkanes of at least 4 members (excludes halogenated alkanes) is 1. The number of benzene rings is 2. The van der Waals surface area contributed by atoms with Crippen LogP contribution in [0, 0.1) is 5.92 Å². The molecular weight excluding hydrogens is 556 g/mol. The van der Waals surface area contributed by atoms with E-state index < -0.39 is 0 Å². The summed E-state index contributed by atoms with van der Waals surface area (Å²) in [7, 11) is 0. The highest BCUT2D eigenvalue weighted by atomic mass is 32.2. The number of fused-ring (bicyclic) bond motifs is 3. The van der Waals surface area contributed by atoms with Crippen LogP contribution in [0.25, 0.3) is 22.1 Å². The minimum absolute atomic E-state index is 0.0846. The van der Waals surface area contributed by atoms with Crippen LogP contribution in [0.2, 0.25) is 0 Å². The molecule has 6 rings (SSSR count). The lowest BCUT2D eigenvalue weighted by Gasteiger charge is -2.40. The maximum Gasteiger partial charge on any atom is 0.222 e. The van der Waals surface area contributed by atoms with E-state index in [4.69, 9.17) is 4.98 Å². The smallest absolute Gasteiger partial charge is 0.222 e. The van der Waals surface area contributed by atoms with E-state index in [9.17, 15) is 9.59 Å². The van der Waals surface area contributed by atoms with Gasteiger partial charge in [0.05, 0.1) is 5.52 Å². The highest BCUT2D eigenvalue weighted by Crippen LogP contribution is 2.30. The van der Waals surface area contributed by atoms with E-state index in [1.165, 1.54) is 31.2 Å². The van der Waals surface area contributed by atoms with Gasteiger partial charge in [0.1, 0.15) is 5.52 Å². The van der Waals surface area contributed by atoms with Crippen molar-refractivity contribution >= 4 is 45.6 Å². The molecule has 3 heterocycles. The van der Waals surface area contributed by atoms with Gasteiger partial charge in [-0.15, -0.1) is 10.2 Å². The third-order valence-corrected chi connectivity index (χ3v) is 10.0. The van der Waals surface area contributed by atoms with Crippen LogP contribution in [0.3, 0.4) is 0 Å². The van der Waals surface area contributed by atoms with Gasteiger partial charge in [-0.05, 0) is 43.7 Å². The first-order valence-electron chi connectivity index (χ1n) is 15.9. The first kappa shape index (κ1) is 29.6. The van der Waals surface area contributed by atoms with Crippen molar-refractivity contribution in [3.63, 3.8) is 0 Å². The van der Waals surface area contributed by atoms with Crippen LogP contribution in [0.5, 0.6) is 0 Å². The molecule has 2 amide bonds. The lowest BCUT2D eigenvalue weighted by molar-refractivity contribution is -0.142. The van der Waals surface area contributed by atoms with Gasteiger partial charge in [0.15, 0.2) is 5.65 Å². The van der Waals surface area contributed by atoms with E-state index in [-0.39, 0.29) is 17.9 Å². The Morgan fingerprint density at radius 3 is 2.51 bits per heavy atom. The van der Waals surface area contributed by atoms with Gasteiger partial charge in [-0.1, -0.05) is 86.0 Å². The predicted octanol–water partition coefficient (Wildman–Crippen LogP) is 6.32. The lowest BCUT2D eigenvalue weighted by atomic mass is 10.0. The summed E-state index contributed by atoms with van der Waals surface area (Å²) < 4.78 is 2.22. The van der Waals surface area contributed by atoms with Gasteiger partial charge in [0.25, 0.3) is 0 Å². The molecule has 2 aliphatic rings. The Morgan fingerprint density at radius 1 is 0.907 bits per heavy atom. The second-order valence-electron chi connectivity index (χ2n) is 12.1. The van der Waals surface area contributed by atoms with Crippen molar-refractivity contribution < 1.29 is 9.59 Å². The largest absolute Gasteiger partial charge is 0.339 e. The van der Waals surface area contributed by atoms with Crippen molar-refractivity contribution in [2.24, 2.45) is 5.92 Å². The van der Waals surface area contributed by atoms with Crippen LogP contribution in [0.15, 0.2) is 59.8 Å². The number of amides is 2. The summed E-state index contributed by atoms with van der Waals surface area (Å²) in [5.41, 5.74) is 3.99. The molecule has 2 aromatic carbocycles. The van der Waals surface area contributed by atoms with Crippen molar-refractivity contribution in [2.75, 3.05) is 25.4 Å². The second-order valence-corrected chi connectivity index (χ2v) is 13.2. The Hall–Kier alpha value is -3.46. The summed E-state index contributed by atoms with van der Waals surface area (Å²) in [6, 6.07) is 18.8. The standard InChI is InChI=1S/C34H42N6O2S/c1-25-23-38(20-21-39(25)31(42)19-18-26-11-5-6-12-26)30(41)17-9-10-22-43-34-35-33-32(36-37-34)28-15-7-8-16-29(28)40(33)24-27-13-3-2-4-14-27/h2-4,7-8,13-16,25-26H,5-6,9-12,17-24H2,1H3. The molecule has 226 valence electrons. The number of carbonyl (C=O) groups is 2. The molecule has 4 aromatic rings. The molecule has 1 saturated carbocycles. The molecule has 1 aliphatic heterocycles. The average Bonchev–Trinajstić information content (AvgIpc) is 3.66. The number of piperazine rings is 1. The Morgan fingerprint density at radius 2 is 1.70 bits per heavy atom. The van der Waals surface area contributed by atoms with E-state index in [2.05, 4.69) is 58.1 Å². The quantitative estimate of drug-likeness (QED) is 0.148. The molecular formula is C34H42N6O2S. The van der Waals surface area contributed by atoms with Crippen molar-refractivity contribution in [2.45, 2.75) is 82.5 Å². The maximum atomic E-state index is 13.0. The summed E-state index contributed by atoms with van der Waals surface area (Å²) in [5.74, 6) is 2.02. The first-order chi connectivity index (χ1) is 21.1. The number of hydrogen-bond acceptors (Lipinski definition) is 6. The molecule has 0 N–H and O–H groups in total. The summed E-state index contributed by atoms with van der Waals surface area (Å²) in [6.07, 6.45) is 9.13. The maximum absolute atomic E-state index is 13.0. The fourth-order valence-electron chi connectivity index (χ4n) is 6.70. The van der Waals surface area contributed by atoms with Gasteiger partial charge >= 0.3 is 0 Å². The average molecular weight is 599 g/mol. The predicted molar refractivity (Wildman–Crippen MR) is 172 cm³/mol. The number of para-hydroxylation sites is 1. The fraction of sp³-hybridized carbons (Fsp3) is 0.500. The van der Waals surface area contributed by atoms with E-state index in [0.717, 1.165) is 59.5 Å². The number of nitrogens with zero attached hydrogens (tertiary/aromatic N) is 6. The van der Waals surface area contributed by atoms with Gasteiger partial charge < -0.3 is 14.4 Å². The Labute approximate surface area is 258 Å². The van der Waals surface area contributed by atoms with Gasteiger partial charge in [-0.2, -0.15) is 0 Å². The molecule has 0 radical (unpaired) electrons. The van der Waals surface area contributed by atoms with Crippen LogP contribution in [0.4, 0.5) is 0 Å². The van der Waals surface area contributed by atoms with Crippen LogP contribution in [0.1, 0.15) is 70.3 Å². The van der Waals surface area contributed by atoms with Crippen molar-refractivity contribution in [3.8, 4) is 0 Å². The van der Waals surface area contributed by atoms with Crippen molar-refractivity contribution in [3.05, 3.63) is 60.2 Å². The summed E-state index contributed by atoms with van der Waals surface area (Å²) in [6.45, 7) is 4.73. The van der Waals surface area contributed by atoms with Crippen LogP contribution < -0.4 is 0 Å². The zero-order valence-electron chi connectivity index (χ0n) is 25.2. The monoisotopic (exact) mass is 598 g/mol. The molecule has 0 bridgehead atoms. The van der Waals surface area contributed by atoms with E-state index in [1.54, 1.807) is 11.8 Å². The van der Waals surface area contributed by atoms with E-state index in [1.807, 2.05) is 28.0 Å². The summed E-state index contributed by atoms with van der Waals surface area (Å²) in [5, 5.41) is 10.7. The molecule has 1 saturated heterocycles. The Balaban J connectivity index is 0.977. The number of rotatable bonds is 11. The van der Waals surface area contributed by atoms with Gasteiger partial charge in [-0.3, -0.25) is 9.59 Å². The van der Waals surface area contributed by atoms with Gasteiger partial charge in [0.2, 0.25) is 17.0 Å². The molecule has 8 nitrogen and oxygen atoms in total. The zero-order valence-corrected chi connectivity index (χ0v) is 26.0. The first-order valence-corrected chi connectivity index (χ1v) is 16.9. The number of hydrogen-bond donors (Lipinski definition) is 0. The molecule has 9 heteroatoms. The molecule has 0 spiro atoms. The van der Waals surface area contributed by atoms with Crippen LogP contribution >= 0.6 is 11.8 Å². The molecule has 2 aromatic heterocycles. The minimum atomic E-state index is 0.0846. The Bertz CT molecular complexity index is 1550. The van der Waals surface area contributed by atoms with Crippen molar-refractivity contribution in [1.29, 1.82) is 0 Å². The summed E-state index contributed by atoms with van der Waals surface area (Å²) >= 11 is 1.60. The van der Waals surface area contributed by atoms with E-state index >= 15 is 0 Å². The highest BCUT2D eigenvalue weighted by Gasteiger charge is 2.30. The van der Waals surface area contributed by atoms with Crippen LogP contribution in [-0.2, 0) is 16.1 Å². The van der Waals surface area contributed by atoms with Gasteiger partial charge in [0, 0.05) is 56.2 Å². The molecule has 2 fully saturated rings. The number of carbonyl (C=O) groups excluding carboxylic acids is 2. The third kappa shape index (κ3) is 7.03. The zero-order chi connectivity index (χ0) is 29.6. The normalized spacial score (nSPS) is 17.7. The molecule has 1 atom stereocenters. The van der Waals surface area contributed by atoms with Gasteiger partial charge in [-0.25, -0.2) is 4.98 Å². The number of aromatic nitrogens is 4. The van der Waals surface area contributed by atoms with E-state index in [0.29, 0.717) is 37.6 Å². The van der Waals surface area contributed by atoms with Crippen LogP contribution in [-0.4, -0.2) is 72.8 Å². The van der Waals surface area contributed by atoms with Crippen molar-refractivity contribution in [1.82, 2.24) is 29.5 Å². The Kier molecular flexibility index (Phi) is 9.56. The third-order valence-electron chi connectivity index (χ3n) is 9.10. The molecule has 43 heavy (non-hydrogen) atoms. The highest BCUT2D eigenvalue weighted by molar-refractivity contribution is 7.99. The molecule has 1 aliphatic carbocycles. The fourth-order valence-corrected chi connectivity index (χ4v) is 7.48. The lowest BCUT2D eigenvalue weighted by Crippen LogP contribution is -2.55.